The molecule has 3 rings (SSSR count). The fraction of sp³-hybridized carbons (Fsp3) is 0.118. The van der Waals surface area contributed by atoms with Crippen LogP contribution in [-0.4, -0.2) is 11.2 Å². The molecule has 2 aromatic carbocycles. The van der Waals surface area contributed by atoms with E-state index in [0.29, 0.717) is 5.56 Å². The molecule has 8 heteroatoms. The van der Waals surface area contributed by atoms with Gasteiger partial charge in [-0.1, -0.05) is 18.2 Å². The SMILES string of the molecule is Cc1[nH]c2c(C)cccc2c1/C=N/Nc1c(F)c(F)c(F)c(F)c1F. The number of fused-ring (bicyclic) bond motifs is 1. The van der Waals surface area contributed by atoms with Crippen molar-refractivity contribution in [2.75, 3.05) is 5.43 Å². The molecule has 0 aliphatic carbocycles. The van der Waals surface area contributed by atoms with E-state index in [4.69, 9.17) is 0 Å². The Balaban J connectivity index is 1.98. The van der Waals surface area contributed by atoms with Crippen LogP contribution >= 0.6 is 0 Å². The molecule has 3 nitrogen and oxygen atoms in total. The first-order valence-electron chi connectivity index (χ1n) is 7.21. The van der Waals surface area contributed by atoms with Crippen molar-refractivity contribution in [3.63, 3.8) is 0 Å². The summed E-state index contributed by atoms with van der Waals surface area (Å²) in [6, 6.07) is 5.57. The molecule has 0 unspecified atom stereocenters. The van der Waals surface area contributed by atoms with Gasteiger partial charge in [-0.15, -0.1) is 0 Å². The molecule has 1 aromatic heterocycles. The molecule has 3 aromatic rings. The average molecular weight is 353 g/mol. The van der Waals surface area contributed by atoms with Crippen molar-refractivity contribution in [2.45, 2.75) is 13.8 Å². The number of hydrogen-bond donors (Lipinski definition) is 2. The number of aryl methyl sites for hydroxylation is 2. The van der Waals surface area contributed by atoms with Crippen molar-refractivity contribution in [3.05, 3.63) is 64.1 Å². The van der Waals surface area contributed by atoms with E-state index in [2.05, 4.69) is 10.1 Å². The number of para-hydroxylation sites is 1. The lowest BCUT2D eigenvalue weighted by Crippen LogP contribution is -2.06. The summed E-state index contributed by atoms with van der Waals surface area (Å²) in [7, 11) is 0. The quantitative estimate of drug-likeness (QED) is 0.226. The predicted octanol–water partition coefficient (Wildman–Crippen LogP) is 4.93. The Kier molecular flexibility index (Phi) is 4.20. The van der Waals surface area contributed by atoms with E-state index in [9.17, 15) is 22.0 Å². The molecule has 0 saturated carbocycles. The third kappa shape index (κ3) is 2.73. The molecule has 0 radical (unpaired) electrons. The van der Waals surface area contributed by atoms with Crippen LogP contribution in [0.3, 0.4) is 0 Å². The third-order valence-corrected chi connectivity index (χ3v) is 3.86. The molecule has 25 heavy (non-hydrogen) atoms. The Bertz CT molecular complexity index is 978. The Morgan fingerprint density at radius 1 is 0.920 bits per heavy atom. The minimum atomic E-state index is -2.22. The largest absolute Gasteiger partial charge is 0.358 e. The molecule has 130 valence electrons. The molecule has 0 spiro atoms. The summed E-state index contributed by atoms with van der Waals surface area (Å²) in [5.41, 5.74) is 3.93. The summed E-state index contributed by atoms with van der Waals surface area (Å²) in [6.45, 7) is 3.69. The molecule has 0 aliphatic rings. The summed E-state index contributed by atoms with van der Waals surface area (Å²) in [6.07, 6.45) is 1.26. The molecular weight excluding hydrogens is 341 g/mol. The highest BCUT2D eigenvalue weighted by molar-refractivity contribution is 6.01. The lowest BCUT2D eigenvalue weighted by molar-refractivity contribution is 0.381. The number of aromatic amines is 1. The number of hydrogen-bond acceptors (Lipinski definition) is 2. The first-order valence-corrected chi connectivity index (χ1v) is 7.21. The topological polar surface area (TPSA) is 40.2 Å². The molecule has 0 saturated heterocycles. The highest BCUT2D eigenvalue weighted by Gasteiger charge is 2.25. The van der Waals surface area contributed by atoms with Crippen LogP contribution in [0.1, 0.15) is 16.8 Å². The van der Waals surface area contributed by atoms with Crippen molar-refractivity contribution >= 4 is 22.8 Å². The molecule has 0 atom stereocenters. The fourth-order valence-corrected chi connectivity index (χ4v) is 2.55. The number of aromatic nitrogens is 1. The van der Waals surface area contributed by atoms with Crippen molar-refractivity contribution in [3.8, 4) is 0 Å². The van der Waals surface area contributed by atoms with E-state index in [1.54, 1.807) is 6.92 Å². The van der Waals surface area contributed by atoms with E-state index in [-0.39, 0.29) is 0 Å². The summed E-state index contributed by atoms with van der Waals surface area (Å²) in [5.74, 6) is -10.2. The normalized spacial score (nSPS) is 11.6. The van der Waals surface area contributed by atoms with Crippen LogP contribution in [0.25, 0.3) is 10.9 Å². The van der Waals surface area contributed by atoms with Gasteiger partial charge in [-0.2, -0.15) is 5.10 Å². The Morgan fingerprint density at radius 2 is 1.52 bits per heavy atom. The van der Waals surface area contributed by atoms with Crippen molar-refractivity contribution in [2.24, 2.45) is 5.10 Å². The van der Waals surface area contributed by atoms with Gasteiger partial charge >= 0.3 is 0 Å². The number of hydrazone groups is 1. The fourth-order valence-electron chi connectivity index (χ4n) is 2.55. The second-order valence-corrected chi connectivity index (χ2v) is 5.48. The van der Waals surface area contributed by atoms with Crippen LogP contribution in [0.15, 0.2) is 23.3 Å². The maximum Gasteiger partial charge on any atom is 0.200 e. The van der Waals surface area contributed by atoms with Gasteiger partial charge in [0.05, 0.1) is 6.21 Å². The van der Waals surface area contributed by atoms with Crippen LogP contribution in [-0.2, 0) is 0 Å². The molecule has 0 aliphatic heterocycles. The second-order valence-electron chi connectivity index (χ2n) is 5.48. The molecular formula is C17H12F5N3. The summed E-state index contributed by atoms with van der Waals surface area (Å²) in [5, 5.41) is 4.45. The van der Waals surface area contributed by atoms with Crippen molar-refractivity contribution in [1.29, 1.82) is 0 Å². The summed E-state index contributed by atoms with van der Waals surface area (Å²) in [4.78, 5) is 3.16. The van der Waals surface area contributed by atoms with Crippen molar-refractivity contribution in [1.82, 2.24) is 4.98 Å². The monoisotopic (exact) mass is 353 g/mol. The number of H-pyrrole nitrogens is 1. The van der Waals surface area contributed by atoms with Crippen LogP contribution in [0, 0.1) is 42.9 Å². The summed E-state index contributed by atoms with van der Waals surface area (Å²) < 4.78 is 66.5. The average Bonchev–Trinajstić information content (AvgIpc) is 2.91. The van der Waals surface area contributed by atoms with Gasteiger partial charge in [-0.25, -0.2) is 22.0 Å². The number of anilines is 1. The van der Waals surface area contributed by atoms with Crippen LogP contribution in [0.5, 0.6) is 0 Å². The standard InChI is InChI=1S/C17H12F5N3/c1-7-4-3-5-9-10(8(2)24-16(7)9)6-23-25-17-14(21)12(19)11(18)13(20)15(17)22/h3-6,24-25H,1-2H3/b23-6+. The first-order chi connectivity index (χ1) is 11.8. The lowest BCUT2D eigenvalue weighted by Gasteiger charge is -2.06. The number of halogens is 5. The van der Waals surface area contributed by atoms with Gasteiger partial charge in [0.15, 0.2) is 23.3 Å². The Labute approximate surface area is 139 Å². The smallest absolute Gasteiger partial charge is 0.200 e. The van der Waals surface area contributed by atoms with Gasteiger partial charge in [0.25, 0.3) is 0 Å². The van der Waals surface area contributed by atoms with E-state index in [1.807, 2.05) is 30.5 Å². The van der Waals surface area contributed by atoms with Crippen LogP contribution < -0.4 is 5.43 Å². The number of nitrogens with one attached hydrogen (secondary N) is 2. The maximum atomic E-state index is 13.6. The van der Waals surface area contributed by atoms with Crippen molar-refractivity contribution < 1.29 is 22.0 Å². The van der Waals surface area contributed by atoms with Gasteiger partial charge in [-0.3, -0.25) is 5.43 Å². The van der Waals surface area contributed by atoms with Crippen LogP contribution in [0.4, 0.5) is 27.6 Å². The Morgan fingerprint density at radius 3 is 2.16 bits per heavy atom. The molecule has 1 heterocycles. The lowest BCUT2D eigenvalue weighted by atomic mass is 10.1. The zero-order valence-electron chi connectivity index (χ0n) is 13.1. The van der Waals surface area contributed by atoms with E-state index >= 15 is 0 Å². The van der Waals surface area contributed by atoms with Gasteiger partial charge in [0, 0.05) is 22.2 Å². The minimum Gasteiger partial charge on any atom is -0.358 e. The molecule has 0 fully saturated rings. The third-order valence-electron chi connectivity index (χ3n) is 3.86. The van der Waals surface area contributed by atoms with Gasteiger partial charge in [-0.05, 0) is 19.4 Å². The van der Waals surface area contributed by atoms with E-state index in [0.717, 1.165) is 22.2 Å². The highest BCUT2D eigenvalue weighted by atomic mass is 19.2. The first kappa shape index (κ1) is 16.9. The minimum absolute atomic E-state index is 0.634. The second kappa shape index (κ2) is 6.19. The number of benzene rings is 2. The number of nitrogens with zero attached hydrogens (tertiary/aromatic N) is 1. The summed E-state index contributed by atoms with van der Waals surface area (Å²) >= 11 is 0. The van der Waals surface area contributed by atoms with Gasteiger partial charge < -0.3 is 4.98 Å². The molecule has 0 bridgehead atoms. The highest BCUT2D eigenvalue weighted by Crippen LogP contribution is 2.27. The van der Waals surface area contributed by atoms with E-state index < -0.39 is 34.8 Å². The van der Waals surface area contributed by atoms with Crippen LogP contribution in [0.2, 0.25) is 0 Å². The molecule has 2 N–H and O–H groups in total. The predicted molar refractivity (Wildman–Crippen MR) is 85.2 cm³/mol. The maximum absolute atomic E-state index is 13.6. The zero-order valence-corrected chi connectivity index (χ0v) is 13.1. The Hall–Kier alpha value is -2.90. The number of rotatable bonds is 3. The van der Waals surface area contributed by atoms with E-state index in [1.165, 1.54) is 6.21 Å². The van der Waals surface area contributed by atoms with Gasteiger partial charge in [0.1, 0.15) is 5.69 Å². The van der Waals surface area contributed by atoms with Gasteiger partial charge in [0.2, 0.25) is 5.82 Å². The zero-order chi connectivity index (χ0) is 18.3. The molecule has 0 amide bonds.